The fraction of sp³-hybridized carbons (Fsp3) is 0.250. The molecule has 0 saturated heterocycles. The van der Waals surface area contributed by atoms with Crippen molar-refractivity contribution in [2.75, 3.05) is 47.5 Å². The SMILES string of the molecule is COc1cc(C2NC(=O)c3ccccc3N2)ccc1OCC(C)NOc1cc(C=Cc2cc(OC)c(OC)c(OC)c2)ccc1OC. The number of hydrogen-bond donors (Lipinski definition) is 3. The second-order valence-corrected chi connectivity index (χ2v) is 10.6. The average molecular weight is 642 g/mol. The summed E-state index contributed by atoms with van der Waals surface area (Å²) in [5.41, 5.74) is 7.00. The number of para-hydroxylation sites is 1. The van der Waals surface area contributed by atoms with Crippen LogP contribution in [0.15, 0.2) is 72.8 Å². The Hall–Kier alpha value is -5.55. The van der Waals surface area contributed by atoms with Crippen LogP contribution in [0.5, 0.6) is 40.2 Å². The zero-order chi connectivity index (χ0) is 33.3. The van der Waals surface area contributed by atoms with Gasteiger partial charge in [0.2, 0.25) is 5.75 Å². The molecule has 4 aromatic carbocycles. The van der Waals surface area contributed by atoms with Gasteiger partial charge in [0.1, 0.15) is 12.8 Å². The lowest BCUT2D eigenvalue weighted by atomic mass is 10.1. The van der Waals surface area contributed by atoms with Crippen LogP contribution in [0, 0.1) is 0 Å². The van der Waals surface area contributed by atoms with E-state index in [2.05, 4.69) is 16.1 Å². The van der Waals surface area contributed by atoms with Crippen molar-refractivity contribution >= 4 is 23.7 Å². The summed E-state index contributed by atoms with van der Waals surface area (Å²) in [6.07, 6.45) is 3.48. The first-order valence-corrected chi connectivity index (χ1v) is 14.9. The van der Waals surface area contributed by atoms with E-state index < -0.39 is 6.17 Å². The molecule has 0 fully saturated rings. The highest BCUT2D eigenvalue weighted by Crippen LogP contribution is 2.39. The highest BCUT2D eigenvalue weighted by atomic mass is 16.7. The summed E-state index contributed by atoms with van der Waals surface area (Å²) >= 11 is 0. The molecule has 2 atom stereocenters. The molecule has 0 saturated carbocycles. The molecule has 246 valence electrons. The number of methoxy groups -OCH3 is 5. The van der Waals surface area contributed by atoms with Gasteiger partial charge in [0.05, 0.1) is 47.2 Å². The molecule has 0 aliphatic carbocycles. The van der Waals surface area contributed by atoms with Crippen molar-refractivity contribution in [3.05, 3.63) is 95.1 Å². The summed E-state index contributed by atoms with van der Waals surface area (Å²) in [5.74, 6) is 3.71. The van der Waals surface area contributed by atoms with Gasteiger partial charge < -0.3 is 43.9 Å². The molecule has 11 nitrogen and oxygen atoms in total. The van der Waals surface area contributed by atoms with E-state index in [1.165, 1.54) is 0 Å². The fourth-order valence-electron chi connectivity index (χ4n) is 5.04. The van der Waals surface area contributed by atoms with E-state index in [0.29, 0.717) is 45.8 Å². The predicted molar refractivity (Wildman–Crippen MR) is 180 cm³/mol. The number of rotatable bonds is 14. The van der Waals surface area contributed by atoms with Crippen LogP contribution in [0.25, 0.3) is 12.2 Å². The van der Waals surface area contributed by atoms with Crippen molar-refractivity contribution < 1.29 is 38.1 Å². The van der Waals surface area contributed by atoms with Crippen LogP contribution in [0.1, 0.15) is 40.1 Å². The maximum atomic E-state index is 12.6. The molecule has 0 aromatic heterocycles. The number of nitrogens with one attached hydrogen (secondary N) is 3. The zero-order valence-electron chi connectivity index (χ0n) is 27.2. The predicted octanol–water partition coefficient (Wildman–Crippen LogP) is 6.11. The summed E-state index contributed by atoms with van der Waals surface area (Å²) < 4.78 is 33.5. The number of carbonyl (C=O) groups excluding carboxylic acids is 1. The van der Waals surface area contributed by atoms with E-state index in [0.717, 1.165) is 22.4 Å². The molecule has 4 aromatic rings. The number of fused-ring (bicyclic) bond motifs is 1. The molecular formula is C36H39N3O8. The third-order valence-corrected chi connectivity index (χ3v) is 7.47. The summed E-state index contributed by atoms with van der Waals surface area (Å²) in [6.45, 7) is 2.21. The topological polar surface area (TPSA) is 118 Å². The number of hydroxylamine groups is 1. The minimum atomic E-state index is -0.406. The Balaban J connectivity index is 1.21. The van der Waals surface area contributed by atoms with Gasteiger partial charge in [-0.2, -0.15) is 5.48 Å². The van der Waals surface area contributed by atoms with Crippen molar-refractivity contribution in [2.45, 2.75) is 19.1 Å². The summed E-state index contributed by atoms with van der Waals surface area (Å²) in [5, 5.41) is 6.34. The Morgan fingerprint density at radius 1 is 0.702 bits per heavy atom. The van der Waals surface area contributed by atoms with Gasteiger partial charge in [-0.3, -0.25) is 4.79 Å². The highest BCUT2D eigenvalue weighted by molar-refractivity contribution is 6.01. The quantitative estimate of drug-likeness (QED) is 0.110. The van der Waals surface area contributed by atoms with Crippen molar-refractivity contribution in [1.82, 2.24) is 10.8 Å². The van der Waals surface area contributed by atoms with E-state index in [1.807, 2.05) is 85.8 Å². The molecular weight excluding hydrogens is 602 g/mol. The molecule has 1 amide bonds. The van der Waals surface area contributed by atoms with E-state index in [4.69, 9.17) is 33.3 Å². The van der Waals surface area contributed by atoms with Crippen LogP contribution in [-0.4, -0.2) is 54.1 Å². The molecule has 11 heteroatoms. The monoisotopic (exact) mass is 641 g/mol. The standard InChI is InChI=1S/C36H39N3O8/c1-22(21-46-29-16-14-25(20-30(29)42-3)35-37-27-10-8-7-9-26(27)36(40)38-35)39-47-31-17-23(13-15-28(31)41-2)11-12-24-18-32(43-4)34(45-6)33(19-24)44-5/h7-20,22,35,37,39H,21H2,1-6H3,(H,38,40). The van der Waals surface area contributed by atoms with Crippen LogP contribution in [-0.2, 0) is 0 Å². The first kappa shape index (κ1) is 32.8. The van der Waals surface area contributed by atoms with Crippen LogP contribution < -0.4 is 49.4 Å². The normalized spacial score (nSPS) is 14.3. The lowest BCUT2D eigenvalue weighted by Crippen LogP contribution is -2.38. The molecule has 1 aliphatic rings. The molecule has 47 heavy (non-hydrogen) atoms. The number of carbonyl (C=O) groups is 1. The van der Waals surface area contributed by atoms with Crippen LogP contribution in [0.4, 0.5) is 5.69 Å². The van der Waals surface area contributed by atoms with Gasteiger partial charge in [-0.25, -0.2) is 0 Å². The van der Waals surface area contributed by atoms with Crippen molar-refractivity contribution in [1.29, 1.82) is 0 Å². The summed E-state index contributed by atoms with van der Waals surface area (Å²) in [4.78, 5) is 18.5. The van der Waals surface area contributed by atoms with Crippen LogP contribution in [0.2, 0.25) is 0 Å². The Labute approximate surface area is 274 Å². The number of anilines is 1. The van der Waals surface area contributed by atoms with Gasteiger partial charge in [0, 0.05) is 5.69 Å². The Morgan fingerprint density at radius 2 is 1.36 bits per heavy atom. The van der Waals surface area contributed by atoms with E-state index in [9.17, 15) is 4.79 Å². The molecule has 0 bridgehead atoms. The Bertz CT molecular complexity index is 1720. The van der Waals surface area contributed by atoms with Crippen LogP contribution >= 0.6 is 0 Å². The van der Waals surface area contributed by atoms with Crippen molar-refractivity contribution in [3.63, 3.8) is 0 Å². The second kappa shape index (κ2) is 15.2. The van der Waals surface area contributed by atoms with E-state index in [1.54, 1.807) is 41.6 Å². The smallest absolute Gasteiger partial charge is 0.255 e. The summed E-state index contributed by atoms with van der Waals surface area (Å²) in [7, 11) is 7.90. The van der Waals surface area contributed by atoms with Gasteiger partial charge in [0.15, 0.2) is 34.5 Å². The number of ether oxygens (including phenoxy) is 6. The van der Waals surface area contributed by atoms with Gasteiger partial charge in [0.25, 0.3) is 5.91 Å². The van der Waals surface area contributed by atoms with Gasteiger partial charge in [-0.15, -0.1) is 0 Å². The fourth-order valence-corrected chi connectivity index (χ4v) is 5.04. The largest absolute Gasteiger partial charge is 0.493 e. The lowest BCUT2D eigenvalue weighted by Gasteiger charge is -2.28. The first-order chi connectivity index (χ1) is 22.9. The molecule has 3 N–H and O–H groups in total. The molecule has 1 heterocycles. The van der Waals surface area contributed by atoms with Gasteiger partial charge >= 0.3 is 0 Å². The Kier molecular flexibility index (Phi) is 10.6. The van der Waals surface area contributed by atoms with E-state index in [-0.39, 0.29) is 18.6 Å². The molecule has 5 rings (SSSR count). The first-order valence-electron chi connectivity index (χ1n) is 14.9. The zero-order valence-corrected chi connectivity index (χ0v) is 27.2. The van der Waals surface area contributed by atoms with Gasteiger partial charge in [-0.1, -0.05) is 36.4 Å². The minimum absolute atomic E-state index is 0.139. The minimum Gasteiger partial charge on any atom is -0.493 e. The maximum absolute atomic E-state index is 12.6. The number of benzene rings is 4. The Morgan fingerprint density at radius 3 is 2.06 bits per heavy atom. The third kappa shape index (κ3) is 7.64. The average Bonchev–Trinajstić information content (AvgIpc) is 3.11. The third-order valence-electron chi connectivity index (χ3n) is 7.47. The van der Waals surface area contributed by atoms with E-state index >= 15 is 0 Å². The molecule has 0 radical (unpaired) electrons. The van der Waals surface area contributed by atoms with Crippen molar-refractivity contribution in [2.24, 2.45) is 0 Å². The van der Waals surface area contributed by atoms with Crippen molar-refractivity contribution in [3.8, 4) is 40.2 Å². The second-order valence-electron chi connectivity index (χ2n) is 10.6. The molecule has 2 unspecified atom stereocenters. The molecule has 0 spiro atoms. The lowest BCUT2D eigenvalue weighted by molar-refractivity contribution is 0.0935. The highest BCUT2D eigenvalue weighted by Gasteiger charge is 2.25. The summed E-state index contributed by atoms with van der Waals surface area (Å²) in [6, 6.07) is 22.1. The molecule has 1 aliphatic heterocycles. The van der Waals surface area contributed by atoms with Crippen LogP contribution in [0.3, 0.4) is 0 Å². The van der Waals surface area contributed by atoms with Gasteiger partial charge in [-0.05, 0) is 72.1 Å². The number of amides is 1. The number of hydrogen-bond acceptors (Lipinski definition) is 10. The maximum Gasteiger partial charge on any atom is 0.255 e.